The lowest BCUT2D eigenvalue weighted by atomic mass is 9.89. The van der Waals surface area contributed by atoms with Gasteiger partial charge in [-0.1, -0.05) is 25.1 Å². The minimum absolute atomic E-state index is 0.00344. The Kier molecular flexibility index (Phi) is 8.04. The van der Waals surface area contributed by atoms with Crippen LogP contribution in [0, 0.1) is 18.3 Å². The molecular formula is C28H35N5O2. The van der Waals surface area contributed by atoms with Gasteiger partial charge in [-0.15, -0.1) is 0 Å². The average Bonchev–Trinajstić information content (AvgIpc) is 3.36. The highest BCUT2D eigenvalue weighted by molar-refractivity contribution is 5.97. The molecule has 0 spiro atoms. The van der Waals surface area contributed by atoms with Crippen molar-refractivity contribution in [3.05, 3.63) is 64.7 Å². The Hall–Kier alpha value is -3.37. The van der Waals surface area contributed by atoms with Gasteiger partial charge in [-0.25, -0.2) is 4.79 Å². The second-order valence-corrected chi connectivity index (χ2v) is 9.59. The number of hydrogen-bond acceptors (Lipinski definition) is 4. The zero-order valence-corrected chi connectivity index (χ0v) is 20.7. The molecule has 2 heterocycles. The van der Waals surface area contributed by atoms with E-state index in [-0.39, 0.29) is 11.9 Å². The first kappa shape index (κ1) is 24.7. The molecule has 2 saturated heterocycles. The molecule has 35 heavy (non-hydrogen) atoms. The Labute approximate surface area is 208 Å². The summed E-state index contributed by atoms with van der Waals surface area (Å²) in [6.07, 6.45) is 4.08. The van der Waals surface area contributed by atoms with Crippen LogP contribution in [-0.4, -0.2) is 60.5 Å². The molecule has 0 bridgehead atoms. The van der Waals surface area contributed by atoms with Gasteiger partial charge in [0.1, 0.15) is 0 Å². The van der Waals surface area contributed by atoms with Crippen LogP contribution in [0.25, 0.3) is 0 Å². The first-order chi connectivity index (χ1) is 17.0. The lowest BCUT2D eigenvalue weighted by molar-refractivity contribution is 0.0713. The topological polar surface area (TPSA) is 88.5 Å². The number of rotatable bonds is 6. The molecule has 184 valence electrons. The van der Waals surface area contributed by atoms with Gasteiger partial charge in [-0.3, -0.25) is 9.69 Å². The van der Waals surface area contributed by atoms with Crippen LogP contribution >= 0.6 is 0 Å². The van der Waals surface area contributed by atoms with Gasteiger partial charge in [0.25, 0.3) is 5.91 Å². The fraction of sp³-hybridized carbons (Fsp3) is 0.464. The number of nitrogens with zero attached hydrogens (tertiary/aromatic N) is 3. The third kappa shape index (κ3) is 6.01. The standard InChI is InChI=1S/C28H35N5O2/c1-3-32-14-4-5-25(32)19-30-28(35)31-26-17-24(9-6-20(26)2)27(34)33-15-12-23(13-16-33)22-10-7-21(18-29)8-11-22/h6-11,17,23,25H,3-5,12-16,19H2,1-2H3,(H2,30,31,35)/t25-/m0/s1. The van der Waals surface area contributed by atoms with Crippen molar-refractivity contribution < 1.29 is 9.59 Å². The van der Waals surface area contributed by atoms with Crippen molar-refractivity contribution in [1.82, 2.24) is 15.1 Å². The fourth-order valence-corrected chi connectivity index (χ4v) is 5.24. The minimum atomic E-state index is -0.233. The van der Waals surface area contributed by atoms with Crippen LogP contribution in [0.1, 0.15) is 65.6 Å². The van der Waals surface area contributed by atoms with Gasteiger partial charge >= 0.3 is 6.03 Å². The summed E-state index contributed by atoms with van der Waals surface area (Å²) in [5.74, 6) is 0.394. The van der Waals surface area contributed by atoms with Gasteiger partial charge in [-0.2, -0.15) is 5.26 Å². The molecule has 1 atom stereocenters. The van der Waals surface area contributed by atoms with Crippen molar-refractivity contribution >= 4 is 17.6 Å². The predicted molar refractivity (Wildman–Crippen MR) is 138 cm³/mol. The van der Waals surface area contributed by atoms with E-state index in [1.54, 1.807) is 6.07 Å². The molecule has 2 aromatic rings. The summed E-state index contributed by atoms with van der Waals surface area (Å²) in [7, 11) is 0. The van der Waals surface area contributed by atoms with Crippen LogP contribution in [-0.2, 0) is 0 Å². The summed E-state index contributed by atoms with van der Waals surface area (Å²) < 4.78 is 0. The number of amides is 3. The summed E-state index contributed by atoms with van der Waals surface area (Å²) >= 11 is 0. The third-order valence-electron chi connectivity index (χ3n) is 7.43. The number of aryl methyl sites for hydroxylation is 1. The van der Waals surface area contributed by atoms with E-state index >= 15 is 0 Å². The molecule has 2 N–H and O–H groups in total. The molecule has 7 nitrogen and oxygen atoms in total. The number of likely N-dealkylation sites (tertiary alicyclic amines) is 2. The maximum atomic E-state index is 13.2. The zero-order chi connectivity index (χ0) is 24.8. The van der Waals surface area contributed by atoms with Gasteiger partial charge in [0.05, 0.1) is 11.6 Å². The molecule has 3 amide bonds. The Morgan fingerprint density at radius 1 is 1.06 bits per heavy atom. The highest BCUT2D eigenvalue weighted by atomic mass is 16.2. The van der Waals surface area contributed by atoms with Crippen LogP contribution in [0.5, 0.6) is 0 Å². The first-order valence-corrected chi connectivity index (χ1v) is 12.7. The van der Waals surface area contributed by atoms with Crippen LogP contribution in [0.3, 0.4) is 0 Å². The Morgan fingerprint density at radius 3 is 2.49 bits per heavy atom. The van der Waals surface area contributed by atoms with Gasteiger partial charge in [0, 0.05) is 36.9 Å². The maximum Gasteiger partial charge on any atom is 0.319 e. The van der Waals surface area contributed by atoms with E-state index < -0.39 is 0 Å². The van der Waals surface area contributed by atoms with E-state index in [0.717, 1.165) is 37.9 Å². The quantitative estimate of drug-likeness (QED) is 0.647. The van der Waals surface area contributed by atoms with Crippen molar-refractivity contribution in [2.24, 2.45) is 0 Å². The van der Waals surface area contributed by atoms with Gasteiger partial charge in [-0.05, 0) is 87.0 Å². The van der Waals surface area contributed by atoms with E-state index in [0.29, 0.717) is 48.4 Å². The lowest BCUT2D eigenvalue weighted by Gasteiger charge is -2.32. The van der Waals surface area contributed by atoms with Crippen LogP contribution < -0.4 is 10.6 Å². The number of hydrogen-bond donors (Lipinski definition) is 2. The Morgan fingerprint density at radius 2 is 1.80 bits per heavy atom. The molecule has 2 aromatic carbocycles. The number of nitrogens with one attached hydrogen (secondary N) is 2. The van der Waals surface area contributed by atoms with E-state index in [2.05, 4.69) is 28.5 Å². The lowest BCUT2D eigenvalue weighted by Crippen LogP contribution is -2.41. The molecular weight excluding hydrogens is 438 g/mol. The number of carbonyl (C=O) groups is 2. The van der Waals surface area contributed by atoms with Crippen molar-refractivity contribution in [1.29, 1.82) is 5.26 Å². The smallest absolute Gasteiger partial charge is 0.319 e. The normalized spacial score (nSPS) is 18.8. The van der Waals surface area contributed by atoms with Crippen LogP contribution in [0.2, 0.25) is 0 Å². The average molecular weight is 474 g/mol. The fourth-order valence-electron chi connectivity index (χ4n) is 5.24. The summed E-state index contributed by atoms with van der Waals surface area (Å²) in [5, 5.41) is 14.9. The molecule has 2 aliphatic heterocycles. The van der Waals surface area contributed by atoms with Crippen molar-refractivity contribution in [2.75, 3.05) is 38.0 Å². The molecule has 0 unspecified atom stereocenters. The number of nitriles is 1. The Balaban J connectivity index is 1.32. The SMILES string of the molecule is CCN1CCC[C@H]1CNC(=O)Nc1cc(C(=O)N2CCC(c3ccc(C#N)cc3)CC2)ccc1C. The van der Waals surface area contributed by atoms with E-state index in [4.69, 9.17) is 5.26 Å². The maximum absolute atomic E-state index is 13.2. The molecule has 0 aromatic heterocycles. The summed E-state index contributed by atoms with van der Waals surface area (Å²) in [5.41, 5.74) is 4.08. The molecule has 7 heteroatoms. The monoisotopic (exact) mass is 473 g/mol. The first-order valence-electron chi connectivity index (χ1n) is 12.7. The van der Waals surface area contributed by atoms with E-state index in [1.807, 2.05) is 48.2 Å². The van der Waals surface area contributed by atoms with E-state index in [9.17, 15) is 9.59 Å². The third-order valence-corrected chi connectivity index (χ3v) is 7.43. The largest absolute Gasteiger partial charge is 0.339 e. The van der Waals surface area contributed by atoms with Crippen molar-refractivity contribution in [3.8, 4) is 6.07 Å². The molecule has 0 radical (unpaired) electrons. The zero-order valence-electron chi connectivity index (χ0n) is 20.7. The van der Waals surface area contributed by atoms with Crippen molar-refractivity contribution in [3.63, 3.8) is 0 Å². The number of likely N-dealkylation sites (N-methyl/N-ethyl adjacent to an activating group) is 1. The van der Waals surface area contributed by atoms with Gasteiger partial charge in [0.15, 0.2) is 0 Å². The van der Waals surface area contributed by atoms with Gasteiger partial charge in [0.2, 0.25) is 0 Å². The number of urea groups is 1. The molecule has 2 aliphatic rings. The predicted octanol–water partition coefficient (Wildman–Crippen LogP) is 4.49. The van der Waals surface area contributed by atoms with Crippen LogP contribution in [0.4, 0.5) is 10.5 Å². The highest BCUT2D eigenvalue weighted by Crippen LogP contribution is 2.29. The minimum Gasteiger partial charge on any atom is -0.339 e. The van der Waals surface area contributed by atoms with Crippen LogP contribution in [0.15, 0.2) is 42.5 Å². The number of piperidine rings is 1. The summed E-state index contributed by atoms with van der Waals surface area (Å²) in [6.45, 7) is 8.19. The van der Waals surface area contributed by atoms with E-state index in [1.165, 1.54) is 12.0 Å². The van der Waals surface area contributed by atoms with Crippen molar-refractivity contribution in [2.45, 2.75) is 51.5 Å². The van der Waals surface area contributed by atoms with Gasteiger partial charge < -0.3 is 15.5 Å². The summed E-state index contributed by atoms with van der Waals surface area (Å²) in [4.78, 5) is 30.1. The molecule has 0 saturated carbocycles. The highest BCUT2D eigenvalue weighted by Gasteiger charge is 2.26. The number of benzene rings is 2. The Bertz CT molecular complexity index is 1080. The molecule has 0 aliphatic carbocycles. The second-order valence-electron chi connectivity index (χ2n) is 9.59. The second kappa shape index (κ2) is 11.4. The molecule has 4 rings (SSSR count). The summed E-state index contributed by atoms with van der Waals surface area (Å²) in [6, 6.07) is 15.6. The number of anilines is 1. The molecule has 2 fully saturated rings. The number of carbonyl (C=O) groups excluding carboxylic acids is 2.